The molecule has 0 bridgehead atoms. The van der Waals surface area contributed by atoms with Crippen molar-refractivity contribution in [3.8, 4) is 5.75 Å². The monoisotopic (exact) mass is 233 g/mol. The maximum absolute atomic E-state index is 12.2. The first-order chi connectivity index (χ1) is 8.26. The highest BCUT2D eigenvalue weighted by Gasteiger charge is 2.28. The summed E-state index contributed by atoms with van der Waals surface area (Å²) in [4.78, 5) is 24.7. The fourth-order valence-electron chi connectivity index (χ4n) is 2.11. The predicted octanol–water partition coefficient (Wildman–Crippen LogP) is 1.50. The van der Waals surface area contributed by atoms with Gasteiger partial charge in [0.15, 0.2) is 0 Å². The van der Waals surface area contributed by atoms with Crippen LogP contribution in [-0.2, 0) is 4.79 Å². The van der Waals surface area contributed by atoms with Crippen molar-refractivity contribution in [3.63, 3.8) is 0 Å². The number of nitrogens with zero attached hydrogens (tertiary/aromatic N) is 1. The van der Waals surface area contributed by atoms with Gasteiger partial charge in [0.1, 0.15) is 12.0 Å². The molecule has 0 radical (unpaired) electrons. The van der Waals surface area contributed by atoms with Gasteiger partial charge in [-0.2, -0.15) is 0 Å². The molecule has 4 nitrogen and oxygen atoms in total. The van der Waals surface area contributed by atoms with Gasteiger partial charge in [0.2, 0.25) is 0 Å². The summed E-state index contributed by atoms with van der Waals surface area (Å²) in [6, 6.07) is 6.73. The maximum Gasteiger partial charge on any atom is 0.254 e. The van der Waals surface area contributed by atoms with Crippen LogP contribution in [0.1, 0.15) is 23.2 Å². The fourth-order valence-corrected chi connectivity index (χ4v) is 2.11. The zero-order valence-electron chi connectivity index (χ0n) is 9.76. The third kappa shape index (κ3) is 2.30. The topological polar surface area (TPSA) is 46.6 Å². The van der Waals surface area contributed by atoms with E-state index in [4.69, 9.17) is 4.74 Å². The zero-order chi connectivity index (χ0) is 12.3. The SMILES string of the molecule is COc1cccc(C(=O)N2CCCC2C=O)c1. The molecule has 4 heteroatoms. The molecule has 1 aliphatic rings. The smallest absolute Gasteiger partial charge is 0.254 e. The van der Waals surface area contributed by atoms with Crippen LogP contribution in [0, 0.1) is 0 Å². The second-order valence-corrected chi connectivity index (χ2v) is 4.08. The van der Waals surface area contributed by atoms with Gasteiger partial charge in [-0.3, -0.25) is 4.79 Å². The largest absolute Gasteiger partial charge is 0.497 e. The van der Waals surface area contributed by atoms with Crippen molar-refractivity contribution >= 4 is 12.2 Å². The van der Waals surface area contributed by atoms with E-state index in [-0.39, 0.29) is 11.9 Å². The van der Waals surface area contributed by atoms with Gasteiger partial charge in [-0.05, 0) is 31.0 Å². The second kappa shape index (κ2) is 4.99. The van der Waals surface area contributed by atoms with Crippen molar-refractivity contribution < 1.29 is 14.3 Å². The van der Waals surface area contributed by atoms with E-state index in [1.54, 1.807) is 36.3 Å². The minimum Gasteiger partial charge on any atom is -0.497 e. The lowest BCUT2D eigenvalue weighted by molar-refractivity contribution is -0.111. The van der Waals surface area contributed by atoms with Gasteiger partial charge in [0, 0.05) is 12.1 Å². The number of benzene rings is 1. The van der Waals surface area contributed by atoms with Crippen LogP contribution in [0.15, 0.2) is 24.3 Å². The normalized spacial score (nSPS) is 19.1. The molecule has 1 aromatic rings. The Morgan fingerprint density at radius 3 is 3.06 bits per heavy atom. The molecule has 1 unspecified atom stereocenters. The molecule has 17 heavy (non-hydrogen) atoms. The first kappa shape index (κ1) is 11.6. The van der Waals surface area contributed by atoms with Crippen molar-refractivity contribution in [1.82, 2.24) is 4.90 Å². The lowest BCUT2D eigenvalue weighted by Crippen LogP contribution is -2.36. The molecule has 1 saturated heterocycles. The van der Waals surface area contributed by atoms with E-state index in [1.807, 2.05) is 0 Å². The number of hydrogen-bond acceptors (Lipinski definition) is 3. The number of aldehydes is 1. The third-order valence-electron chi connectivity index (χ3n) is 3.03. The number of carbonyl (C=O) groups is 2. The minimum atomic E-state index is -0.270. The Kier molecular flexibility index (Phi) is 3.42. The van der Waals surface area contributed by atoms with Gasteiger partial charge in [-0.25, -0.2) is 0 Å². The van der Waals surface area contributed by atoms with Gasteiger partial charge in [0.05, 0.1) is 13.2 Å². The highest BCUT2D eigenvalue weighted by Crippen LogP contribution is 2.20. The number of ether oxygens (including phenoxy) is 1. The van der Waals surface area contributed by atoms with Crippen LogP contribution < -0.4 is 4.74 Å². The van der Waals surface area contributed by atoms with Crippen LogP contribution in [0.4, 0.5) is 0 Å². The number of methoxy groups -OCH3 is 1. The molecule has 1 atom stereocenters. The molecule has 2 rings (SSSR count). The number of amides is 1. The summed E-state index contributed by atoms with van der Waals surface area (Å²) in [6.07, 6.45) is 2.50. The van der Waals surface area contributed by atoms with E-state index in [0.29, 0.717) is 17.9 Å². The molecule has 90 valence electrons. The third-order valence-corrected chi connectivity index (χ3v) is 3.03. The van der Waals surface area contributed by atoms with Crippen molar-refractivity contribution in [2.24, 2.45) is 0 Å². The zero-order valence-corrected chi connectivity index (χ0v) is 9.76. The van der Waals surface area contributed by atoms with Gasteiger partial charge < -0.3 is 14.4 Å². The van der Waals surface area contributed by atoms with Crippen LogP contribution in [0.2, 0.25) is 0 Å². The van der Waals surface area contributed by atoms with E-state index in [2.05, 4.69) is 0 Å². The average Bonchev–Trinajstić information content (AvgIpc) is 2.86. The lowest BCUT2D eigenvalue weighted by Gasteiger charge is -2.20. The van der Waals surface area contributed by atoms with Gasteiger partial charge in [-0.1, -0.05) is 6.07 Å². The summed E-state index contributed by atoms with van der Waals surface area (Å²) in [7, 11) is 1.56. The standard InChI is InChI=1S/C13H15NO3/c1-17-12-6-2-4-10(8-12)13(16)14-7-3-5-11(14)9-15/h2,4,6,8-9,11H,3,5,7H2,1H3. The predicted molar refractivity (Wildman–Crippen MR) is 63.1 cm³/mol. The molecule has 0 N–H and O–H groups in total. The summed E-state index contributed by atoms with van der Waals surface area (Å²) >= 11 is 0. The van der Waals surface area contributed by atoms with Gasteiger partial charge in [0.25, 0.3) is 5.91 Å². The number of hydrogen-bond donors (Lipinski definition) is 0. The summed E-state index contributed by atoms with van der Waals surface area (Å²) in [5.74, 6) is 0.552. The lowest BCUT2D eigenvalue weighted by atomic mass is 10.1. The average molecular weight is 233 g/mol. The number of carbonyl (C=O) groups excluding carboxylic acids is 2. The van der Waals surface area contributed by atoms with Crippen LogP contribution in [0.25, 0.3) is 0 Å². The summed E-state index contributed by atoms with van der Waals surface area (Å²) in [6.45, 7) is 0.652. The molecular weight excluding hydrogens is 218 g/mol. The van der Waals surface area contributed by atoms with E-state index in [1.165, 1.54) is 0 Å². The van der Waals surface area contributed by atoms with Crippen molar-refractivity contribution in [2.75, 3.05) is 13.7 Å². The van der Waals surface area contributed by atoms with Gasteiger partial charge in [-0.15, -0.1) is 0 Å². The number of rotatable bonds is 3. The first-order valence-corrected chi connectivity index (χ1v) is 5.66. The summed E-state index contributed by atoms with van der Waals surface area (Å²) < 4.78 is 5.08. The molecule has 0 aromatic heterocycles. The van der Waals surface area contributed by atoms with E-state index < -0.39 is 0 Å². The Morgan fingerprint density at radius 1 is 1.53 bits per heavy atom. The van der Waals surface area contributed by atoms with E-state index >= 15 is 0 Å². The Balaban J connectivity index is 2.21. The van der Waals surface area contributed by atoms with E-state index in [9.17, 15) is 9.59 Å². The van der Waals surface area contributed by atoms with Crippen LogP contribution in [-0.4, -0.2) is 36.8 Å². The quantitative estimate of drug-likeness (QED) is 0.743. The summed E-state index contributed by atoms with van der Waals surface area (Å²) in [5, 5.41) is 0. The molecule has 0 spiro atoms. The molecule has 1 aliphatic heterocycles. The Bertz CT molecular complexity index is 430. The molecule has 1 fully saturated rings. The Labute approximate surface area is 100 Å². The molecule has 1 heterocycles. The van der Waals surface area contributed by atoms with Crippen LogP contribution in [0.5, 0.6) is 5.75 Å². The fraction of sp³-hybridized carbons (Fsp3) is 0.385. The van der Waals surface area contributed by atoms with Gasteiger partial charge >= 0.3 is 0 Å². The molecule has 0 saturated carbocycles. The van der Waals surface area contributed by atoms with Crippen molar-refractivity contribution in [3.05, 3.63) is 29.8 Å². The Hall–Kier alpha value is -1.84. The molecule has 1 amide bonds. The number of likely N-dealkylation sites (tertiary alicyclic amines) is 1. The highest BCUT2D eigenvalue weighted by molar-refractivity contribution is 5.96. The van der Waals surface area contributed by atoms with Crippen LogP contribution >= 0.6 is 0 Å². The Morgan fingerprint density at radius 2 is 2.35 bits per heavy atom. The molecule has 0 aliphatic carbocycles. The van der Waals surface area contributed by atoms with E-state index in [0.717, 1.165) is 19.1 Å². The first-order valence-electron chi connectivity index (χ1n) is 5.66. The molecular formula is C13H15NO3. The molecule has 1 aromatic carbocycles. The minimum absolute atomic E-state index is 0.0986. The van der Waals surface area contributed by atoms with Crippen molar-refractivity contribution in [1.29, 1.82) is 0 Å². The second-order valence-electron chi connectivity index (χ2n) is 4.08. The summed E-state index contributed by atoms with van der Waals surface area (Å²) in [5.41, 5.74) is 0.568. The van der Waals surface area contributed by atoms with Crippen LogP contribution in [0.3, 0.4) is 0 Å². The highest BCUT2D eigenvalue weighted by atomic mass is 16.5. The maximum atomic E-state index is 12.2. The van der Waals surface area contributed by atoms with Crippen molar-refractivity contribution in [2.45, 2.75) is 18.9 Å².